The molecule has 0 unspecified atom stereocenters. The molecule has 0 amide bonds. The third kappa shape index (κ3) is 2.79. The largest absolute Gasteiger partial charge is 0.475 e. The number of hydrogen-bond acceptors (Lipinski definition) is 5. The van der Waals surface area contributed by atoms with Gasteiger partial charge in [0, 0.05) is 5.39 Å². The quantitative estimate of drug-likeness (QED) is 0.772. The van der Waals surface area contributed by atoms with E-state index in [0.29, 0.717) is 16.7 Å². The Morgan fingerprint density at radius 3 is 2.63 bits per heavy atom. The number of aromatic nitrogens is 2. The van der Waals surface area contributed by atoms with E-state index in [2.05, 4.69) is 15.3 Å². The van der Waals surface area contributed by atoms with Crippen LogP contribution in [0.2, 0.25) is 0 Å². The van der Waals surface area contributed by atoms with E-state index in [9.17, 15) is 9.90 Å². The van der Waals surface area contributed by atoms with E-state index in [-0.39, 0.29) is 12.4 Å². The molecule has 6 heteroatoms. The summed E-state index contributed by atoms with van der Waals surface area (Å²) in [4.78, 5) is 19.0. The van der Waals surface area contributed by atoms with Crippen molar-refractivity contribution in [2.45, 2.75) is 19.4 Å². The molecule has 0 saturated carbocycles. The van der Waals surface area contributed by atoms with E-state index in [4.69, 9.17) is 5.11 Å². The zero-order valence-electron chi connectivity index (χ0n) is 10.7. The molecule has 100 valence electrons. The van der Waals surface area contributed by atoms with Gasteiger partial charge in [0.2, 0.25) is 5.82 Å². The Morgan fingerprint density at radius 2 is 2.00 bits per heavy atom. The molecule has 1 aromatic carbocycles. The van der Waals surface area contributed by atoms with Gasteiger partial charge < -0.3 is 15.5 Å². The number of carbonyl (C=O) groups is 1. The fraction of sp³-hybridized carbons (Fsp3) is 0.308. The molecule has 0 aliphatic rings. The van der Waals surface area contributed by atoms with Crippen LogP contribution in [0.15, 0.2) is 24.3 Å². The number of aliphatic hydroxyl groups is 1. The van der Waals surface area contributed by atoms with Crippen LogP contribution in [-0.2, 0) is 0 Å². The topological polar surface area (TPSA) is 95.3 Å². The Hall–Kier alpha value is -2.21. The fourth-order valence-corrected chi connectivity index (χ4v) is 1.63. The molecule has 1 heterocycles. The van der Waals surface area contributed by atoms with Crippen molar-refractivity contribution in [1.82, 2.24) is 9.97 Å². The highest BCUT2D eigenvalue weighted by Gasteiger charge is 2.20. The number of anilines is 1. The van der Waals surface area contributed by atoms with Gasteiger partial charge in [-0.15, -0.1) is 0 Å². The van der Waals surface area contributed by atoms with Gasteiger partial charge in [-0.05, 0) is 26.0 Å². The smallest absolute Gasteiger partial charge is 0.374 e. The van der Waals surface area contributed by atoms with Crippen LogP contribution in [0.3, 0.4) is 0 Å². The van der Waals surface area contributed by atoms with Crippen molar-refractivity contribution in [3.63, 3.8) is 0 Å². The van der Waals surface area contributed by atoms with Crippen molar-refractivity contribution < 1.29 is 15.0 Å². The molecule has 0 aliphatic heterocycles. The molecule has 2 rings (SSSR count). The van der Waals surface area contributed by atoms with E-state index in [1.165, 1.54) is 0 Å². The first kappa shape index (κ1) is 13.2. The molecule has 6 nitrogen and oxygen atoms in total. The Kier molecular flexibility index (Phi) is 3.35. The molecule has 0 bridgehead atoms. The van der Waals surface area contributed by atoms with Gasteiger partial charge in [-0.3, -0.25) is 0 Å². The Bertz CT molecular complexity index is 626. The van der Waals surface area contributed by atoms with E-state index in [1.807, 2.05) is 6.07 Å². The first-order valence-corrected chi connectivity index (χ1v) is 5.82. The van der Waals surface area contributed by atoms with Crippen LogP contribution in [0.5, 0.6) is 0 Å². The lowest BCUT2D eigenvalue weighted by Gasteiger charge is -2.25. The number of benzene rings is 1. The van der Waals surface area contributed by atoms with Gasteiger partial charge in [-0.2, -0.15) is 0 Å². The lowest BCUT2D eigenvalue weighted by molar-refractivity contribution is 0.0684. The highest BCUT2D eigenvalue weighted by atomic mass is 16.4. The van der Waals surface area contributed by atoms with Gasteiger partial charge in [0.1, 0.15) is 5.82 Å². The van der Waals surface area contributed by atoms with E-state index >= 15 is 0 Å². The highest BCUT2D eigenvalue weighted by molar-refractivity contribution is 5.93. The second-order valence-electron chi connectivity index (χ2n) is 4.89. The number of nitrogens with one attached hydrogen (secondary N) is 1. The molecule has 2 aromatic rings. The lowest BCUT2D eigenvalue weighted by Crippen LogP contribution is -2.35. The first-order valence-electron chi connectivity index (χ1n) is 5.82. The number of hydrogen-bond donors (Lipinski definition) is 3. The molecular weight excluding hydrogens is 246 g/mol. The van der Waals surface area contributed by atoms with Gasteiger partial charge in [-0.25, -0.2) is 14.8 Å². The summed E-state index contributed by atoms with van der Waals surface area (Å²) >= 11 is 0. The second-order valence-corrected chi connectivity index (χ2v) is 4.89. The molecule has 0 aliphatic carbocycles. The second kappa shape index (κ2) is 4.81. The van der Waals surface area contributed by atoms with Crippen LogP contribution in [0.1, 0.15) is 24.5 Å². The van der Waals surface area contributed by atoms with Gasteiger partial charge in [-0.1, -0.05) is 12.1 Å². The van der Waals surface area contributed by atoms with Crippen LogP contribution in [0, 0.1) is 0 Å². The number of carboxylic acids is 1. The van der Waals surface area contributed by atoms with Gasteiger partial charge in [0.15, 0.2) is 0 Å². The van der Waals surface area contributed by atoms with Gasteiger partial charge in [0.05, 0.1) is 17.7 Å². The maximum Gasteiger partial charge on any atom is 0.374 e. The van der Waals surface area contributed by atoms with Crippen LogP contribution in [0.25, 0.3) is 10.9 Å². The molecule has 0 saturated heterocycles. The van der Waals surface area contributed by atoms with E-state index in [0.717, 1.165) is 0 Å². The van der Waals surface area contributed by atoms with E-state index in [1.54, 1.807) is 32.0 Å². The highest BCUT2D eigenvalue weighted by Crippen LogP contribution is 2.23. The molecule has 0 fully saturated rings. The fourth-order valence-electron chi connectivity index (χ4n) is 1.63. The summed E-state index contributed by atoms with van der Waals surface area (Å²) in [6, 6.07) is 7.13. The SMILES string of the molecule is CC(C)(CO)Nc1nc(C(=O)O)nc2ccccc12. The number of aromatic carboxylic acids is 1. The van der Waals surface area contributed by atoms with Crippen molar-refractivity contribution in [3.05, 3.63) is 30.1 Å². The van der Waals surface area contributed by atoms with Gasteiger partial charge >= 0.3 is 5.97 Å². The van der Waals surface area contributed by atoms with Crippen LogP contribution < -0.4 is 5.32 Å². The zero-order valence-corrected chi connectivity index (χ0v) is 10.7. The average molecular weight is 261 g/mol. The molecule has 19 heavy (non-hydrogen) atoms. The van der Waals surface area contributed by atoms with Crippen LogP contribution in [0.4, 0.5) is 5.82 Å². The molecule has 3 N–H and O–H groups in total. The third-order valence-corrected chi connectivity index (χ3v) is 2.65. The van der Waals surface area contributed by atoms with Crippen molar-refractivity contribution in [3.8, 4) is 0 Å². The summed E-state index contributed by atoms with van der Waals surface area (Å²) in [5.41, 5.74) is -0.0569. The van der Waals surface area contributed by atoms with Crippen LogP contribution in [-0.4, -0.2) is 38.3 Å². The predicted molar refractivity (Wildman–Crippen MR) is 71.3 cm³/mol. The number of nitrogens with zero attached hydrogens (tertiary/aromatic N) is 2. The molecule has 0 spiro atoms. The zero-order chi connectivity index (χ0) is 14.0. The number of carboxylic acid groups (broad SMARTS) is 1. The molecule has 0 atom stereocenters. The van der Waals surface area contributed by atoms with Crippen molar-refractivity contribution in [2.75, 3.05) is 11.9 Å². The van der Waals surface area contributed by atoms with Gasteiger partial charge in [0.25, 0.3) is 0 Å². The minimum Gasteiger partial charge on any atom is -0.475 e. The summed E-state index contributed by atoms with van der Waals surface area (Å²) in [5.74, 6) is -1.05. The number of rotatable bonds is 4. The molecule has 0 radical (unpaired) electrons. The number of para-hydroxylation sites is 1. The monoisotopic (exact) mass is 261 g/mol. The Labute approximate surface area is 110 Å². The van der Waals surface area contributed by atoms with Crippen molar-refractivity contribution in [1.29, 1.82) is 0 Å². The summed E-state index contributed by atoms with van der Waals surface area (Å²) in [7, 11) is 0. The standard InChI is InChI=1S/C13H15N3O3/c1-13(2,7-17)16-10-8-5-3-4-6-9(8)14-11(15-10)12(18)19/h3-6,17H,7H2,1-2H3,(H,18,19)(H,14,15,16). The Morgan fingerprint density at radius 1 is 1.32 bits per heavy atom. The summed E-state index contributed by atoms with van der Waals surface area (Å²) in [5, 5.41) is 22.1. The normalized spacial score (nSPS) is 11.5. The summed E-state index contributed by atoms with van der Waals surface area (Å²) in [6.07, 6.45) is 0. The molecule has 1 aromatic heterocycles. The molecular formula is C13H15N3O3. The minimum absolute atomic E-state index is 0.103. The lowest BCUT2D eigenvalue weighted by atomic mass is 10.1. The number of aliphatic hydroxyl groups excluding tert-OH is 1. The summed E-state index contributed by atoms with van der Waals surface area (Å²) in [6.45, 7) is 3.49. The predicted octanol–water partition coefficient (Wildman–Crippen LogP) is 1.51. The van der Waals surface area contributed by atoms with Crippen LogP contribution >= 0.6 is 0 Å². The number of fused-ring (bicyclic) bond motifs is 1. The van der Waals surface area contributed by atoms with Crippen molar-refractivity contribution in [2.24, 2.45) is 0 Å². The average Bonchev–Trinajstić information content (AvgIpc) is 2.38. The summed E-state index contributed by atoms with van der Waals surface area (Å²) < 4.78 is 0. The first-order chi connectivity index (χ1) is 8.93. The van der Waals surface area contributed by atoms with E-state index < -0.39 is 11.5 Å². The minimum atomic E-state index is -1.18. The van der Waals surface area contributed by atoms with Crippen molar-refractivity contribution >= 4 is 22.7 Å². The maximum atomic E-state index is 11.0. The third-order valence-electron chi connectivity index (χ3n) is 2.65. The maximum absolute atomic E-state index is 11.0. The Balaban J connectivity index is 2.60.